The first-order valence-corrected chi connectivity index (χ1v) is 9.16. The second-order valence-corrected chi connectivity index (χ2v) is 6.45. The van der Waals surface area contributed by atoms with Gasteiger partial charge in [-0.1, -0.05) is 30.3 Å². The van der Waals surface area contributed by atoms with E-state index in [1.54, 1.807) is 48.8 Å². The minimum Gasteiger partial charge on any atom is -0.489 e. The van der Waals surface area contributed by atoms with Gasteiger partial charge in [-0.3, -0.25) is 9.98 Å². The standard InChI is InChI=1S/C23H20F3N3O/c24-23(25,26)16-29-14-21(18-10-12-28-13-11-18)22(27)19-6-8-20(9-7-19)30-15-17-4-2-1-3-5-17/h1-14H,15-16,27H2/b22-21+,29-14?. The maximum Gasteiger partial charge on any atom is 0.407 e. The minimum atomic E-state index is -4.38. The Bertz CT molecular complexity index is 999. The second kappa shape index (κ2) is 9.73. The van der Waals surface area contributed by atoms with E-state index in [0.717, 1.165) is 11.8 Å². The molecule has 30 heavy (non-hydrogen) atoms. The Morgan fingerprint density at radius 1 is 0.933 bits per heavy atom. The van der Waals surface area contributed by atoms with Crippen molar-refractivity contribution in [2.45, 2.75) is 12.8 Å². The summed E-state index contributed by atoms with van der Waals surface area (Å²) in [5, 5.41) is 0. The van der Waals surface area contributed by atoms with Crippen molar-refractivity contribution < 1.29 is 17.9 Å². The van der Waals surface area contributed by atoms with E-state index < -0.39 is 12.7 Å². The molecule has 2 N–H and O–H groups in total. The largest absolute Gasteiger partial charge is 0.489 e. The third-order valence-electron chi connectivity index (χ3n) is 4.19. The van der Waals surface area contributed by atoms with Crippen molar-refractivity contribution in [1.29, 1.82) is 0 Å². The lowest BCUT2D eigenvalue weighted by Crippen LogP contribution is -2.12. The average molecular weight is 411 g/mol. The van der Waals surface area contributed by atoms with Crippen LogP contribution in [-0.4, -0.2) is 23.9 Å². The van der Waals surface area contributed by atoms with Gasteiger partial charge in [0.05, 0.1) is 0 Å². The van der Waals surface area contributed by atoms with E-state index in [-0.39, 0.29) is 0 Å². The lowest BCUT2D eigenvalue weighted by Gasteiger charge is -2.11. The summed E-state index contributed by atoms with van der Waals surface area (Å²) < 4.78 is 43.2. The Hall–Kier alpha value is -3.61. The molecule has 0 aliphatic heterocycles. The number of pyridine rings is 1. The smallest absolute Gasteiger partial charge is 0.407 e. The van der Waals surface area contributed by atoms with Crippen LogP contribution in [0.2, 0.25) is 0 Å². The number of ether oxygens (including phenoxy) is 1. The topological polar surface area (TPSA) is 60.5 Å². The predicted molar refractivity (Wildman–Crippen MR) is 112 cm³/mol. The van der Waals surface area contributed by atoms with Gasteiger partial charge in [-0.25, -0.2) is 0 Å². The van der Waals surface area contributed by atoms with E-state index in [0.29, 0.717) is 34.8 Å². The molecule has 1 aromatic heterocycles. The molecule has 2 aromatic carbocycles. The molecule has 0 bridgehead atoms. The summed E-state index contributed by atoms with van der Waals surface area (Å²) >= 11 is 0. The van der Waals surface area contributed by atoms with Crippen LogP contribution in [0.4, 0.5) is 13.2 Å². The van der Waals surface area contributed by atoms with Crippen LogP contribution >= 0.6 is 0 Å². The normalized spacial score (nSPS) is 12.6. The van der Waals surface area contributed by atoms with Crippen molar-refractivity contribution in [3.8, 4) is 5.75 Å². The number of allylic oxidation sites excluding steroid dienone is 1. The molecule has 0 amide bonds. The number of alkyl halides is 3. The highest BCUT2D eigenvalue weighted by atomic mass is 19.4. The summed E-state index contributed by atoms with van der Waals surface area (Å²) in [6.07, 6.45) is -0.147. The maximum atomic E-state index is 12.5. The van der Waals surface area contributed by atoms with Gasteiger partial charge in [0.15, 0.2) is 0 Å². The first-order chi connectivity index (χ1) is 14.4. The lowest BCUT2D eigenvalue weighted by atomic mass is 10.0. The summed E-state index contributed by atoms with van der Waals surface area (Å²) in [5.74, 6) is 0.659. The minimum absolute atomic E-state index is 0.307. The van der Waals surface area contributed by atoms with Crippen LogP contribution in [0.3, 0.4) is 0 Å². The highest BCUT2D eigenvalue weighted by Gasteiger charge is 2.26. The molecule has 0 fully saturated rings. The van der Waals surface area contributed by atoms with Gasteiger partial charge >= 0.3 is 6.18 Å². The van der Waals surface area contributed by atoms with Crippen molar-refractivity contribution in [3.63, 3.8) is 0 Å². The molecular weight excluding hydrogens is 391 g/mol. The zero-order chi connectivity index (χ0) is 21.4. The van der Waals surface area contributed by atoms with Gasteiger partial charge in [-0.05, 0) is 53.1 Å². The molecule has 4 nitrogen and oxygen atoms in total. The molecule has 7 heteroatoms. The summed E-state index contributed by atoms with van der Waals surface area (Å²) in [6.45, 7) is -0.848. The number of nitrogens with zero attached hydrogens (tertiary/aromatic N) is 2. The molecule has 0 unspecified atom stereocenters. The molecule has 0 aliphatic carbocycles. The Morgan fingerprint density at radius 3 is 2.23 bits per heavy atom. The van der Waals surface area contributed by atoms with Gasteiger partial charge in [0.1, 0.15) is 18.9 Å². The monoisotopic (exact) mass is 411 g/mol. The van der Waals surface area contributed by atoms with Crippen molar-refractivity contribution in [2.75, 3.05) is 6.54 Å². The van der Waals surface area contributed by atoms with E-state index >= 15 is 0 Å². The molecule has 0 aliphatic rings. The first-order valence-electron chi connectivity index (χ1n) is 9.16. The van der Waals surface area contributed by atoms with E-state index in [1.165, 1.54) is 0 Å². The van der Waals surface area contributed by atoms with E-state index in [4.69, 9.17) is 10.5 Å². The fraction of sp³-hybridized carbons (Fsp3) is 0.130. The molecule has 3 rings (SSSR count). The number of nitrogens with two attached hydrogens (primary N) is 1. The Kier molecular flexibility index (Phi) is 6.85. The third kappa shape index (κ3) is 6.20. The number of hydrogen-bond acceptors (Lipinski definition) is 4. The molecule has 0 atom stereocenters. The van der Waals surface area contributed by atoms with Crippen LogP contribution in [-0.2, 0) is 6.61 Å². The van der Waals surface area contributed by atoms with Crippen molar-refractivity contribution >= 4 is 17.5 Å². The number of aliphatic imine (C=N–C) groups is 1. The van der Waals surface area contributed by atoms with Gasteiger partial charge < -0.3 is 10.5 Å². The summed E-state index contributed by atoms with van der Waals surface area (Å²) in [7, 11) is 0. The Balaban J connectivity index is 1.82. The van der Waals surface area contributed by atoms with Crippen LogP contribution in [0.25, 0.3) is 11.3 Å². The van der Waals surface area contributed by atoms with Crippen LogP contribution in [0.1, 0.15) is 16.7 Å². The zero-order valence-electron chi connectivity index (χ0n) is 16.0. The van der Waals surface area contributed by atoms with Crippen molar-refractivity contribution in [1.82, 2.24) is 4.98 Å². The number of halogens is 3. The second-order valence-electron chi connectivity index (χ2n) is 6.45. The Morgan fingerprint density at radius 2 is 1.60 bits per heavy atom. The number of rotatable bonds is 7. The molecular formula is C23H20F3N3O. The molecule has 1 heterocycles. The fourth-order valence-electron chi connectivity index (χ4n) is 2.70. The summed E-state index contributed by atoms with van der Waals surface area (Å²) in [6, 6.07) is 20.1. The number of hydrogen-bond donors (Lipinski definition) is 1. The first kappa shape index (κ1) is 21.1. The summed E-state index contributed by atoms with van der Waals surface area (Å²) in [5.41, 5.74) is 9.29. The lowest BCUT2D eigenvalue weighted by molar-refractivity contribution is -0.118. The zero-order valence-corrected chi connectivity index (χ0v) is 16.0. The van der Waals surface area contributed by atoms with Gasteiger partial charge in [0, 0.05) is 29.9 Å². The number of aromatic nitrogens is 1. The molecule has 0 spiro atoms. The van der Waals surface area contributed by atoms with Gasteiger partial charge in [-0.15, -0.1) is 0 Å². The van der Waals surface area contributed by atoms with Crippen LogP contribution in [0.15, 0.2) is 84.1 Å². The van der Waals surface area contributed by atoms with Crippen LogP contribution in [0.5, 0.6) is 5.75 Å². The average Bonchev–Trinajstić information content (AvgIpc) is 2.76. The fourth-order valence-corrected chi connectivity index (χ4v) is 2.70. The van der Waals surface area contributed by atoms with E-state index in [2.05, 4.69) is 9.98 Å². The molecule has 3 aromatic rings. The Labute approximate surface area is 172 Å². The summed E-state index contributed by atoms with van der Waals surface area (Å²) in [4.78, 5) is 7.45. The molecule has 0 saturated carbocycles. The SMILES string of the molecule is N/C(=C(\C=NCC(F)(F)F)c1ccncc1)c1ccc(OCc2ccccc2)cc1. The molecule has 0 radical (unpaired) electrons. The van der Waals surface area contributed by atoms with E-state index in [1.807, 2.05) is 30.3 Å². The van der Waals surface area contributed by atoms with Gasteiger partial charge in [-0.2, -0.15) is 13.2 Å². The van der Waals surface area contributed by atoms with Crippen molar-refractivity contribution in [3.05, 3.63) is 95.8 Å². The third-order valence-corrected chi connectivity index (χ3v) is 4.19. The van der Waals surface area contributed by atoms with E-state index in [9.17, 15) is 13.2 Å². The molecule has 0 saturated heterocycles. The molecule has 154 valence electrons. The van der Waals surface area contributed by atoms with Gasteiger partial charge in [0.2, 0.25) is 0 Å². The van der Waals surface area contributed by atoms with Gasteiger partial charge in [0.25, 0.3) is 0 Å². The predicted octanol–water partition coefficient (Wildman–Crippen LogP) is 5.12. The highest BCUT2D eigenvalue weighted by Crippen LogP contribution is 2.24. The van der Waals surface area contributed by atoms with Crippen LogP contribution in [0, 0.1) is 0 Å². The quantitative estimate of drug-likeness (QED) is 0.549. The highest BCUT2D eigenvalue weighted by molar-refractivity contribution is 6.18. The van der Waals surface area contributed by atoms with Crippen LogP contribution < -0.4 is 10.5 Å². The number of benzene rings is 2. The van der Waals surface area contributed by atoms with Crippen molar-refractivity contribution in [2.24, 2.45) is 10.7 Å². The maximum absolute atomic E-state index is 12.5.